The van der Waals surface area contributed by atoms with E-state index >= 15 is 0 Å². The Morgan fingerprint density at radius 1 is 1.05 bits per heavy atom. The van der Waals surface area contributed by atoms with E-state index in [-0.39, 0.29) is 5.82 Å². The second-order valence-corrected chi connectivity index (χ2v) is 5.19. The Kier molecular flexibility index (Phi) is 4.38. The van der Waals surface area contributed by atoms with Crippen molar-refractivity contribution in [1.82, 2.24) is 5.32 Å². The van der Waals surface area contributed by atoms with Gasteiger partial charge >= 0.3 is 0 Å². The van der Waals surface area contributed by atoms with E-state index in [4.69, 9.17) is 4.42 Å². The molecule has 1 atom stereocenters. The van der Waals surface area contributed by atoms with Gasteiger partial charge in [0.1, 0.15) is 17.3 Å². The predicted molar refractivity (Wildman–Crippen MR) is 75.2 cm³/mol. The Labute approximate surface area is 113 Å². The summed E-state index contributed by atoms with van der Waals surface area (Å²) >= 11 is 0. The molecule has 0 aliphatic rings. The highest BCUT2D eigenvalue weighted by molar-refractivity contribution is 5.57. The summed E-state index contributed by atoms with van der Waals surface area (Å²) in [6.45, 7) is 7.24. The zero-order valence-corrected chi connectivity index (χ0v) is 11.6. The molecule has 1 N–H and O–H groups in total. The lowest BCUT2D eigenvalue weighted by Gasteiger charge is -2.16. The molecule has 0 saturated carbocycles. The first-order chi connectivity index (χ1) is 9.06. The Bertz CT molecular complexity index is 516. The molecule has 0 spiro atoms. The zero-order valence-electron chi connectivity index (χ0n) is 11.6. The van der Waals surface area contributed by atoms with E-state index in [9.17, 15) is 4.39 Å². The van der Waals surface area contributed by atoms with E-state index in [0.29, 0.717) is 18.5 Å². The van der Waals surface area contributed by atoms with Crippen LogP contribution in [0, 0.1) is 11.7 Å². The van der Waals surface area contributed by atoms with Gasteiger partial charge in [-0.1, -0.05) is 13.8 Å². The first kappa shape index (κ1) is 13.8. The summed E-state index contributed by atoms with van der Waals surface area (Å²) in [6.07, 6.45) is 0. The van der Waals surface area contributed by atoms with Crippen LogP contribution in [-0.4, -0.2) is 6.04 Å². The van der Waals surface area contributed by atoms with Gasteiger partial charge in [0.2, 0.25) is 0 Å². The smallest absolute Gasteiger partial charge is 0.134 e. The summed E-state index contributed by atoms with van der Waals surface area (Å²) in [4.78, 5) is 0. The van der Waals surface area contributed by atoms with Crippen LogP contribution in [-0.2, 0) is 6.54 Å². The van der Waals surface area contributed by atoms with Gasteiger partial charge < -0.3 is 9.73 Å². The van der Waals surface area contributed by atoms with Crippen LogP contribution in [0.1, 0.15) is 26.5 Å². The maximum absolute atomic E-state index is 12.9. The Morgan fingerprint density at radius 3 is 2.37 bits per heavy atom. The van der Waals surface area contributed by atoms with Crippen LogP contribution in [0.2, 0.25) is 0 Å². The molecule has 1 aromatic heterocycles. The molecule has 0 aliphatic carbocycles. The van der Waals surface area contributed by atoms with Crippen LogP contribution in [0.5, 0.6) is 0 Å². The zero-order chi connectivity index (χ0) is 13.8. The minimum absolute atomic E-state index is 0.233. The largest absolute Gasteiger partial charge is 0.460 e. The van der Waals surface area contributed by atoms with Crippen molar-refractivity contribution < 1.29 is 8.81 Å². The highest BCUT2D eigenvalue weighted by Gasteiger charge is 2.09. The van der Waals surface area contributed by atoms with E-state index < -0.39 is 0 Å². The first-order valence-electron chi connectivity index (χ1n) is 6.64. The standard InChI is InChI=1S/C16H20FNO/c1-11(2)12(3)18-10-15-8-9-16(19-15)13-4-6-14(17)7-5-13/h4-9,11-12,18H,10H2,1-3H3. The van der Waals surface area contributed by atoms with Crippen LogP contribution in [0.15, 0.2) is 40.8 Å². The lowest BCUT2D eigenvalue weighted by molar-refractivity contribution is 0.398. The molecule has 2 nitrogen and oxygen atoms in total. The number of rotatable bonds is 5. The van der Waals surface area contributed by atoms with Gasteiger partial charge in [-0.3, -0.25) is 0 Å². The van der Waals surface area contributed by atoms with Gasteiger partial charge in [-0.05, 0) is 49.2 Å². The van der Waals surface area contributed by atoms with Crippen molar-refractivity contribution in [2.75, 3.05) is 0 Å². The molecule has 1 unspecified atom stereocenters. The Balaban J connectivity index is 2.01. The topological polar surface area (TPSA) is 25.2 Å². The van der Waals surface area contributed by atoms with Crippen molar-refractivity contribution in [3.8, 4) is 11.3 Å². The van der Waals surface area contributed by atoms with Crippen LogP contribution < -0.4 is 5.32 Å². The summed E-state index contributed by atoms with van der Waals surface area (Å²) in [6, 6.07) is 10.7. The van der Waals surface area contributed by atoms with Gasteiger partial charge in [0.15, 0.2) is 0 Å². The third-order valence-electron chi connectivity index (χ3n) is 3.39. The Hall–Kier alpha value is -1.61. The fourth-order valence-electron chi connectivity index (χ4n) is 1.74. The van der Waals surface area contributed by atoms with Crippen molar-refractivity contribution in [3.63, 3.8) is 0 Å². The molecule has 2 rings (SSSR count). The van der Waals surface area contributed by atoms with Crippen LogP contribution in [0.25, 0.3) is 11.3 Å². The van der Waals surface area contributed by atoms with Crippen LogP contribution in [0.4, 0.5) is 4.39 Å². The molecular formula is C16H20FNO. The predicted octanol–water partition coefficient (Wildman–Crippen LogP) is 4.22. The summed E-state index contributed by atoms with van der Waals surface area (Å²) in [5, 5.41) is 3.42. The number of furan rings is 1. The molecule has 3 heteroatoms. The fourth-order valence-corrected chi connectivity index (χ4v) is 1.74. The second kappa shape index (κ2) is 6.02. The molecule has 0 radical (unpaired) electrons. The third-order valence-corrected chi connectivity index (χ3v) is 3.39. The van der Waals surface area contributed by atoms with Crippen molar-refractivity contribution in [3.05, 3.63) is 48.0 Å². The van der Waals surface area contributed by atoms with E-state index in [0.717, 1.165) is 17.1 Å². The maximum atomic E-state index is 12.9. The summed E-state index contributed by atoms with van der Waals surface area (Å²) in [5.74, 6) is 2.02. The van der Waals surface area contributed by atoms with E-state index in [1.165, 1.54) is 12.1 Å². The van der Waals surface area contributed by atoms with Gasteiger partial charge in [0.05, 0.1) is 6.54 Å². The lowest BCUT2D eigenvalue weighted by Crippen LogP contribution is -2.29. The number of hydrogen-bond acceptors (Lipinski definition) is 2. The van der Waals surface area contributed by atoms with E-state index in [1.54, 1.807) is 12.1 Å². The highest BCUT2D eigenvalue weighted by Crippen LogP contribution is 2.22. The Morgan fingerprint density at radius 2 is 1.74 bits per heavy atom. The number of nitrogens with one attached hydrogen (secondary N) is 1. The molecular weight excluding hydrogens is 241 g/mol. The van der Waals surface area contributed by atoms with Crippen LogP contribution in [0.3, 0.4) is 0 Å². The minimum atomic E-state index is -0.233. The number of halogens is 1. The summed E-state index contributed by atoms with van der Waals surface area (Å²) in [5.41, 5.74) is 0.893. The molecule has 0 bridgehead atoms. The van der Waals surface area contributed by atoms with E-state index in [2.05, 4.69) is 26.1 Å². The normalized spacial score (nSPS) is 12.9. The molecule has 1 heterocycles. The van der Waals surface area contributed by atoms with Crippen molar-refractivity contribution in [2.45, 2.75) is 33.4 Å². The van der Waals surface area contributed by atoms with Gasteiger partial charge in [0, 0.05) is 11.6 Å². The molecule has 102 valence electrons. The third kappa shape index (κ3) is 3.67. The highest BCUT2D eigenvalue weighted by atomic mass is 19.1. The molecule has 0 saturated heterocycles. The number of hydrogen-bond donors (Lipinski definition) is 1. The molecule has 1 aromatic carbocycles. The average Bonchev–Trinajstić information content (AvgIpc) is 2.85. The van der Waals surface area contributed by atoms with Gasteiger partial charge in [-0.2, -0.15) is 0 Å². The van der Waals surface area contributed by atoms with Gasteiger partial charge in [-0.25, -0.2) is 4.39 Å². The molecule has 0 amide bonds. The fraction of sp³-hybridized carbons (Fsp3) is 0.375. The molecule has 0 fully saturated rings. The number of benzene rings is 1. The summed E-state index contributed by atoms with van der Waals surface area (Å²) in [7, 11) is 0. The van der Waals surface area contributed by atoms with Crippen molar-refractivity contribution in [1.29, 1.82) is 0 Å². The van der Waals surface area contributed by atoms with Crippen molar-refractivity contribution in [2.24, 2.45) is 5.92 Å². The van der Waals surface area contributed by atoms with Crippen LogP contribution >= 0.6 is 0 Å². The molecule has 19 heavy (non-hydrogen) atoms. The summed E-state index contributed by atoms with van der Waals surface area (Å²) < 4.78 is 18.6. The van der Waals surface area contributed by atoms with Crippen molar-refractivity contribution >= 4 is 0 Å². The maximum Gasteiger partial charge on any atom is 0.134 e. The first-order valence-corrected chi connectivity index (χ1v) is 6.64. The molecule has 2 aromatic rings. The van der Waals surface area contributed by atoms with E-state index in [1.807, 2.05) is 12.1 Å². The van der Waals surface area contributed by atoms with Gasteiger partial charge in [-0.15, -0.1) is 0 Å². The molecule has 0 aliphatic heterocycles. The average molecular weight is 261 g/mol. The SMILES string of the molecule is CC(C)C(C)NCc1ccc(-c2ccc(F)cc2)o1. The minimum Gasteiger partial charge on any atom is -0.460 e. The van der Waals surface area contributed by atoms with Gasteiger partial charge in [0.25, 0.3) is 0 Å². The second-order valence-electron chi connectivity index (χ2n) is 5.19. The monoisotopic (exact) mass is 261 g/mol. The lowest BCUT2D eigenvalue weighted by atomic mass is 10.1. The quantitative estimate of drug-likeness (QED) is 0.871.